The fourth-order valence-corrected chi connectivity index (χ4v) is 4.88. The van der Waals surface area contributed by atoms with Crippen molar-refractivity contribution in [2.24, 2.45) is 5.92 Å². The van der Waals surface area contributed by atoms with Gasteiger partial charge >= 0.3 is 0 Å². The molecular weight excluding hydrogens is 480 g/mol. The lowest BCUT2D eigenvalue weighted by molar-refractivity contribution is -0.128. The van der Waals surface area contributed by atoms with Crippen LogP contribution in [-0.4, -0.2) is 37.3 Å². The Morgan fingerprint density at radius 2 is 1.84 bits per heavy atom. The highest BCUT2D eigenvalue weighted by Crippen LogP contribution is 2.42. The number of hydrogen-bond acceptors (Lipinski definition) is 6. The van der Waals surface area contributed by atoms with E-state index >= 15 is 0 Å². The Bertz CT molecular complexity index is 1350. The van der Waals surface area contributed by atoms with Gasteiger partial charge in [-0.25, -0.2) is 9.97 Å². The number of aliphatic hydroxyl groups is 2. The first-order valence-corrected chi connectivity index (χ1v) is 12.9. The Hall–Kier alpha value is -4.01. The van der Waals surface area contributed by atoms with E-state index in [1.54, 1.807) is 30.1 Å². The summed E-state index contributed by atoms with van der Waals surface area (Å²) in [5, 5.41) is 22.7. The van der Waals surface area contributed by atoms with E-state index in [0.717, 1.165) is 35.2 Å². The zero-order valence-corrected chi connectivity index (χ0v) is 21.3. The monoisotopic (exact) mass is 512 g/mol. The quantitative estimate of drug-likeness (QED) is 0.285. The molecule has 4 aromatic rings. The summed E-state index contributed by atoms with van der Waals surface area (Å²) in [6.07, 6.45) is 11.2. The number of hydrogen-bond donors (Lipinski definition) is 3. The highest BCUT2D eigenvalue weighted by molar-refractivity contribution is 5.79. The summed E-state index contributed by atoms with van der Waals surface area (Å²) in [5.74, 6) is 1.05. The Labute approximate surface area is 221 Å². The molecule has 0 bridgehead atoms. The minimum absolute atomic E-state index is 0.0463. The summed E-state index contributed by atoms with van der Waals surface area (Å²) < 4.78 is 6.72. The number of carbonyl (C=O) groups excluding carboxylic acids is 1. The van der Waals surface area contributed by atoms with Crippen molar-refractivity contribution in [1.82, 2.24) is 19.9 Å². The van der Waals surface area contributed by atoms with Crippen LogP contribution in [0.4, 0.5) is 0 Å². The first-order chi connectivity index (χ1) is 18.5. The average Bonchev–Trinajstić information content (AvgIpc) is 3.61. The molecule has 1 aliphatic rings. The summed E-state index contributed by atoms with van der Waals surface area (Å²) in [4.78, 5) is 20.6. The molecule has 1 unspecified atom stereocenters. The molecule has 2 aromatic carbocycles. The summed E-state index contributed by atoms with van der Waals surface area (Å²) in [6.45, 7) is 1.97. The number of benzene rings is 2. The van der Waals surface area contributed by atoms with Crippen LogP contribution in [0.25, 0.3) is 17.2 Å². The van der Waals surface area contributed by atoms with E-state index in [-0.39, 0.29) is 24.5 Å². The molecule has 2 heterocycles. The van der Waals surface area contributed by atoms with Crippen molar-refractivity contribution in [2.45, 2.75) is 44.4 Å². The van der Waals surface area contributed by atoms with Crippen LogP contribution in [0.15, 0.2) is 84.1 Å². The lowest BCUT2D eigenvalue weighted by Gasteiger charge is -2.34. The Balaban J connectivity index is 1.15. The van der Waals surface area contributed by atoms with Crippen molar-refractivity contribution >= 4 is 12.0 Å². The van der Waals surface area contributed by atoms with Gasteiger partial charge in [0.25, 0.3) is 0 Å². The molecule has 0 radical (unpaired) electrons. The van der Waals surface area contributed by atoms with E-state index in [2.05, 4.69) is 51.7 Å². The third-order valence-electron chi connectivity index (χ3n) is 7.19. The molecule has 196 valence electrons. The number of carbonyl (C=O) groups is 1. The molecule has 38 heavy (non-hydrogen) atoms. The number of amides is 1. The molecule has 0 spiro atoms. The molecule has 2 aromatic heterocycles. The maximum absolute atomic E-state index is 12.4. The largest absolute Gasteiger partial charge is 0.451 e. The fraction of sp³-hybridized carbons (Fsp3) is 0.300. The van der Waals surface area contributed by atoms with Crippen LogP contribution in [0.5, 0.6) is 0 Å². The van der Waals surface area contributed by atoms with Gasteiger partial charge in [0, 0.05) is 18.3 Å². The molecule has 0 saturated heterocycles. The third kappa shape index (κ3) is 5.77. The first kappa shape index (κ1) is 25.6. The van der Waals surface area contributed by atoms with Crippen molar-refractivity contribution in [3.05, 3.63) is 102 Å². The SMILES string of the molecule is C[C@H](O)c1nccn1C(/C=C/c1ccc(-c2ccc(C3CC(C(=O)NCc4cocn4)C3)cc2)cc1)CO. The van der Waals surface area contributed by atoms with E-state index in [9.17, 15) is 15.0 Å². The lowest BCUT2D eigenvalue weighted by atomic mass is 9.71. The van der Waals surface area contributed by atoms with Gasteiger partial charge in [0.05, 0.1) is 24.9 Å². The number of aromatic nitrogens is 3. The van der Waals surface area contributed by atoms with Gasteiger partial charge in [-0.2, -0.15) is 0 Å². The molecule has 1 saturated carbocycles. The van der Waals surface area contributed by atoms with Gasteiger partial charge in [-0.05, 0) is 47.9 Å². The smallest absolute Gasteiger partial charge is 0.223 e. The molecule has 3 N–H and O–H groups in total. The Morgan fingerprint density at radius 1 is 1.13 bits per heavy atom. The standard InChI is InChI=1S/C30H32N4O4/c1-20(36)29-31-12-13-34(29)28(17-35)11-4-21-2-5-22(6-3-21)23-7-9-24(10-8-23)25-14-26(15-25)30(37)32-16-27-18-38-19-33-27/h2-13,18-20,25-26,28,35-36H,14-17H2,1H3,(H,32,37)/b11-4+/t20-,25?,26?,28?/m0/s1. The highest BCUT2D eigenvalue weighted by Gasteiger charge is 2.35. The van der Waals surface area contributed by atoms with E-state index < -0.39 is 6.10 Å². The van der Waals surface area contributed by atoms with Crippen LogP contribution in [0.2, 0.25) is 0 Å². The molecule has 8 nitrogen and oxygen atoms in total. The number of oxazole rings is 1. The van der Waals surface area contributed by atoms with Crippen LogP contribution in [-0.2, 0) is 11.3 Å². The molecule has 5 rings (SSSR count). The van der Waals surface area contributed by atoms with Crippen LogP contribution < -0.4 is 5.32 Å². The zero-order valence-electron chi connectivity index (χ0n) is 21.3. The van der Waals surface area contributed by atoms with Crippen LogP contribution in [0.3, 0.4) is 0 Å². The number of rotatable bonds is 10. The van der Waals surface area contributed by atoms with Crippen molar-refractivity contribution in [3.63, 3.8) is 0 Å². The number of nitrogens with zero attached hydrogens (tertiary/aromatic N) is 3. The molecule has 2 atom stereocenters. The minimum Gasteiger partial charge on any atom is -0.451 e. The Kier molecular flexibility index (Phi) is 7.81. The van der Waals surface area contributed by atoms with Gasteiger partial charge in [-0.3, -0.25) is 4.79 Å². The zero-order chi connectivity index (χ0) is 26.5. The van der Waals surface area contributed by atoms with E-state index in [4.69, 9.17) is 4.42 Å². The van der Waals surface area contributed by atoms with E-state index in [1.165, 1.54) is 12.0 Å². The second-order valence-electron chi connectivity index (χ2n) is 9.78. The topological polar surface area (TPSA) is 113 Å². The summed E-state index contributed by atoms with van der Waals surface area (Å²) in [7, 11) is 0. The Morgan fingerprint density at radius 3 is 2.47 bits per heavy atom. The van der Waals surface area contributed by atoms with Crippen LogP contribution >= 0.6 is 0 Å². The van der Waals surface area contributed by atoms with E-state index in [0.29, 0.717) is 18.3 Å². The number of aliphatic hydroxyl groups excluding tert-OH is 2. The molecule has 1 fully saturated rings. The third-order valence-corrected chi connectivity index (χ3v) is 7.19. The van der Waals surface area contributed by atoms with Gasteiger partial charge in [0.1, 0.15) is 18.2 Å². The van der Waals surface area contributed by atoms with Crippen LogP contribution in [0.1, 0.15) is 60.5 Å². The lowest BCUT2D eigenvalue weighted by Crippen LogP contribution is -2.37. The second kappa shape index (κ2) is 11.6. The molecule has 0 aliphatic heterocycles. The summed E-state index contributed by atoms with van der Waals surface area (Å²) >= 11 is 0. The highest BCUT2D eigenvalue weighted by atomic mass is 16.3. The van der Waals surface area contributed by atoms with Gasteiger partial charge in [-0.15, -0.1) is 0 Å². The van der Waals surface area contributed by atoms with Crippen molar-refractivity contribution in [1.29, 1.82) is 0 Å². The maximum atomic E-state index is 12.4. The molecule has 1 amide bonds. The fourth-order valence-electron chi connectivity index (χ4n) is 4.88. The van der Waals surface area contributed by atoms with Gasteiger partial charge in [0.2, 0.25) is 5.91 Å². The van der Waals surface area contributed by atoms with Gasteiger partial charge in [0.15, 0.2) is 6.39 Å². The van der Waals surface area contributed by atoms with Crippen LogP contribution in [0, 0.1) is 5.92 Å². The summed E-state index contributed by atoms with van der Waals surface area (Å²) in [6, 6.07) is 16.5. The predicted octanol–water partition coefficient (Wildman–Crippen LogP) is 4.65. The van der Waals surface area contributed by atoms with Crippen molar-refractivity contribution < 1.29 is 19.4 Å². The molecule has 1 aliphatic carbocycles. The summed E-state index contributed by atoms with van der Waals surface area (Å²) in [5.41, 5.74) is 5.27. The molecular formula is C30H32N4O4. The average molecular weight is 513 g/mol. The number of nitrogens with one attached hydrogen (secondary N) is 1. The van der Waals surface area contributed by atoms with Gasteiger partial charge < -0.3 is 24.5 Å². The minimum atomic E-state index is -0.709. The van der Waals surface area contributed by atoms with E-state index in [1.807, 2.05) is 24.3 Å². The second-order valence-corrected chi connectivity index (χ2v) is 9.78. The maximum Gasteiger partial charge on any atom is 0.223 e. The van der Waals surface area contributed by atoms with Gasteiger partial charge in [-0.1, -0.05) is 60.7 Å². The number of imidazole rings is 1. The molecule has 8 heteroatoms. The normalized spacial score (nSPS) is 18.7. The predicted molar refractivity (Wildman–Crippen MR) is 144 cm³/mol. The first-order valence-electron chi connectivity index (χ1n) is 12.9. The van der Waals surface area contributed by atoms with Crippen molar-refractivity contribution in [3.8, 4) is 11.1 Å². The van der Waals surface area contributed by atoms with Crippen molar-refractivity contribution in [2.75, 3.05) is 6.61 Å².